The van der Waals surface area contributed by atoms with Gasteiger partial charge >= 0.3 is 11.9 Å². The second kappa shape index (κ2) is 5.77. The first-order valence-corrected chi connectivity index (χ1v) is 3.54. The first-order valence-electron chi connectivity index (χ1n) is 3.54. The van der Waals surface area contributed by atoms with Crippen molar-refractivity contribution in [3.05, 3.63) is 0 Å². The van der Waals surface area contributed by atoms with Gasteiger partial charge in [-0.25, -0.2) is 4.79 Å². The van der Waals surface area contributed by atoms with Gasteiger partial charge in [-0.1, -0.05) is 0 Å². The number of aliphatic carboxylic acids is 1. The quantitative estimate of drug-likeness (QED) is 0.509. The zero-order chi connectivity index (χ0) is 9.89. The van der Waals surface area contributed by atoms with E-state index < -0.39 is 11.9 Å². The molecule has 0 bridgehead atoms. The maximum atomic E-state index is 10.9. The van der Waals surface area contributed by atoms with E-state index in [1.165, 1.54) is 11.9 Å². The van der Waals surface area contributed by atoms with Crippen LogP contribution in [0.2, 0.25) is 0 Å². The summed E-state index contributed by atoms with van der Waals surface area (Å²) in [5.41, 5.74) is 0. The fourth-order valence-corrected chi connectivity index (χ4v) is 0.667. The lowest BCUT2D eigenvalue weighted by Gasteiger charge is -2.28. The molecular weight excluding hydrogens is 196 g/mol. The molecule has 0 saturated heterocycles. The number of carbonyl (C=O) groups is 2. The summed E-state index contributed by atoms with van der Waals surface area (Å²) in [6.07, 6.45) is -0.214. The first kappa shape index (κ1) is 14.7. The van der Waals surface area contributed by atoms with E-state index in [0.29, 0.717) is 0 Å². The van der Waals surface area contributed by atoms with Gasteiger partial charge in [0.25, 0.3) is 0 Å². The van der Waals surface area contributed by atoms with Crippen molar-refractivity contribution in [1.29, 1.82) is 0 Å². The zero-order valence-corrected chi connectivity index (χ0v) is 8.96. The lowest BCUT2D eigenvalue weighted by molar-refractivity contribution is -0.157. The second-order valence-electron chi connectivity index (χ2n) is 2.82. The highest BCUT2D eigenvalue weighted by atomic mass is 35.5. The molecule has 0 aliphatic heterocycles. The first-order chi connectivity index (χ1) is 5.37. The SMILES string of the molecule is CC(N(C)C)N(C)C(=O)C(=O)O.Cl. The predicted molar refractivity (Wildman–Crippen MR) is 50.8 cm³/mol. The molecule has 0 aromatic rings. The summed E-state index contributed by atoms with van der Waals surface area (Å²) < 4.78 is 0. The third-order valence-corrected chi connectivity index (χ3v) is 1.81. The molecule has 1 amide bonds. The minimum atomic E-state index is -1.42. The molecule has 13 heavy (non-hydrogen) atoms. The van der Waals surface area contributed by atoms with Crippen LogP contribution < -0.4 is 0 Å². The average Bonchev–Trinajstić information content (AvgIpc) is 2.00. The number of rotatable bonds is 2. The molecule has 1 unspecified atom stereocenters. The molecule has 0 aromatic heterocycles. The summed E-state index contributed by atoms with van der Waals surface area (Å²) in [5, 5.41) is 8.37. The third kappa shape index (κ3) is 4.10. The lowest BCUT2D eigenvalue weighted by atomic mass is 10.4. The van der Waals surface area contributed by atoms with Crippen molar-refractivity contribution in [2.24, 2.45) is 0 Å². The topological polar surface area (TPSA) is 60.9 Å². The standard InChI is InChI=1S/C7H14N2O3.ClH/c1-5(8(2)3)9(4)6(10)7(11)12;/h5H,1-4H3,(H,11,12);1H. The summed E-state index contributed by atoms with van der Waals surface area (Å²) in [7, 11) is 5.01. The predicted octanol–water partition coefficient (Wildman–Crippen LogP) is -0.141. The smallest absolute Gasteiger partial charge is 0.394 e. The number of carboxylic acids is 1. The molecule has 0 aromatic carbocycles. The van der Waals surface area contributed by atoms with E-state index >= 15 is 0 Å². The van der Waals surface area contributed by atoms with Crippen LogP contribution in [0.1, 0.15) is 6.92 Å². The van der Waals surface area contributed by atoms with Crippen molar-refractivity contribution in [1.82, 2.24) is 9.80 Å². The Morgan fingerprint density at radius 1 is 1.23 bits per heavy atom. The Labute approximate surface area is 83.7 Å². The van der Waals surface area contributed by atoms with E-state index in [0.717, 1.165) is 0 Å². The third-order valence-electron chi connectivity index (χ3n) is 1.81. The van der Waals surface area contributed by atoms with Gasteiger partial charge in [-0.3, -0.25) is 9.69 Å². The van der Waals surface area contributed by atoms with Crippen LogP contribution in [-0.2, 0) is 9.59 Å². The summed E-state index contributed by atoms with van der Waals surface area (Å²) in [5.74, 6) is -2.32. The highest BCUT2D eigenvalue weighted by Crippen LogP contribution is 1.98. The van der Waals surface area contributed by atoms with E-state index in [-0.39, 0.29) is 18.6 Å². The van der Waals surface area contributed by atoms with Crippen molar-refractivity contribution in [2.75, 3.05) is 21.1 Å². The lowest BCUT2D eigenvalue weighted by Crippen LogP contribution is -2.46. The molecule has 0 aliphatic carbocycles. The number of carboxylic acid groups (broad SMARTS) is 1. The number of likely N-dealkylation sites (N-methyl/N-ethyl adjacent to an activating group) is 1. The highest BCUT2D eigenvalue weighted by molar-refractivity contribution is 6.31. The Morgan fingerprint density at radius 2 is 1.62 bits per heavy atom. The summed E-state index contributed by atoms with van der Waals surface area (Å²) >= 11 is 0. The number of hydrogen-bond acceptors (Lipinski definition) is 3. The van der Waals surface area contributed by atoms with Gasteiger partial charge in [0.05, 0.1) is 6.17 Å². The fourth-order valence-electron chi connectivity index (χ4n) is 0.667. The fraction of sp³-hybridized carbons (Fsp3) is 0.714. The number of amides is 1. The van der Waals surface area contributed by atoms with E-state index in [9.17, 15) is 9.59 Å². The van der Waals surface area contributed by atoms with Gasteiger partial charge in [-0.05, 0) is 21.0 Å². The maximum absolute atomic E-state index is 10.9. The maximum Gasteiger partial charge on any atom is 0.394 e. The molecule has 5 nitrogen and oxygen atoms in total. The Bertz CT molecular complexity index is 196. The minimum Gasteiger partial charge on any atom is -0.474 e. The van der Waals surface area contributed by atoms with Gasteiger partial charge in [-0.2, -0.15) is 0 Å². The molecule has 0 heterocycles. The van der Waals surface area contributed by atoms with Crippen LogP contribution in [0.3, 0.4) is 0 Å². The van der Waals surface area contributed by atoms with Crippen molar-refractivity contribution >= 4 is 24.3 Å². The molecular formula is C7H15ClN2O3. The van der Waals surface area contributed by atoms with Crippen LogP contribution in [0.5, 0.6) is 0 Å². The molecule has 1 N–H and O–H groups in total. The number of nitrogens with zero attached hydrogens (tertiary/aromatic N) is 2. The molecule has 0 aliphatic rings. The molecule has 78 valence electrons. The Balaban J connectivity index is 0. The van der Waals surface area contributed by atoms with Crippen LogP contribution in [0.4, 0.5) is 0 Å². The summed E-state index contributed by atoms with van der Waals surface area (Å²) in [4.78, 5) is 24.1. The Kier molecular flexibility index (Phi) is 6.53. The molecule has 0 fully saturated rings. The second-order valence-corrected chi connectivity index (χ2v) is 2.82. The van der Waals surface area contributed by atoms with E-state index in [4.69, 9.17) is 5.11 Å². The molecule has 6 heteroatoms. The van der Waals surface area contributed by atoms with Gasteiger partial charge in [0.2, 0.25) is 0 Å². The Hall–Kier alpha value is -0.810. The average molecular weight is 211 g/mol. The summed E-state index contributed by atoms with van der Waals surface area (Å²) in [6.45, 7) is 1.75. The van der Waals surface area contributed by atoms with Gasteiger partial charge < -0.3 is 10.0 Å². The van der Waals surface area contributed by atoms with Gasteiger partial charge in [0.1, 0.15) is 0 Å². The van der Waals surface area contributed by atoms with Crippen molar-refractivity contribution in [3.8, 4) is 0 Å². The van der Waals surface area contributed by atoms with Crippen LogP contribution in [0.25, 0.3) is 0 Å². The van der Waals surface area contributed by atoms with E-state index in [1.807, 2.05) is 0 Å². The van der Waals surface area contributed by atoms with Crippen molar-refractivity contribution in [3.63, 3.8) is 0 Å². The number of hydrogen-bond donors (Lipinski definition) is 1. The molecule has 0 rings (SSSR count). The van der Waals surface area contributed by atoms with Crippen molar-refractivity contribution < 1.29 is 14.7 Å². The van der Waals surface area contributed by atoms with Crippen LogP contribution in [-0.4, -0.2) is 54.1 Å². The van der Waals surface area contributed by atoms with E-state index in [1.54, 1.807) is 25.9 Å². The zero-order valence-electron chi connectivity index (χ0n) is 8.14. The Morgan fingerprint density at radius 3 is 1.85 bits per heavy atom. The van der Waals surface area contributed by atoms with Crippen LogP contribution in [0.15, 0.2) is 0 Å². The van der Waals surface area contributed by atoms with E-state index in [2.05, 4.69) is 0 Å². The summed E-state index contributed by atoms with van der Waals surface area (Å²) in [6, 6.07) is 0. The van der Waals surface area contributed by atoms with Gasteiger partial charge in [0.15, 0.2) is 0 Å². The minimum absolute atomic E-state index is 0. The molecule has 0 radical (unpaired) electrons. The van der Waals surface area contributed by atoms with Gasteiger partial charge in [-0.15, -0.1) is 12.4 Å². The molecule has 1 atom stereocenters. The molecule has 0 saturated carbocycles. The number of carbonyl (C=O) groups excluding carboxylic acids is 1. The monoisotopic (exact) mass is 210 g/mol. The largest absolute Gasteiger partial charge is 0.474 e. The molecule has 0 spiro atoms. The highest BCUT2D eigenvalue weighted by Gasteiger charge is 2.22. The normalized spacial score (nSPS) is 11.8. The van der Waals surface area contributed by atoms with Crippen LogP contribution in [0, 0.1) is 0 Å². The number of halogens is 1. The van der Waals surface area contributed by atoms with Gasteiger partial charge in [0, 0.05) is 7.05 Å². The van der Waals surface area contributed by atoms with Crippen molar-refractivity contribution in [2.45, 2.75) is 13.1 Å². The van der Waals surface area contributed by atoms with Crippen LogP contribution >= 0.6 is 12.4 Å².